The van der Waals surface area contributed by atoms with Crippen molar-refractivity contribution < 1.29 is 17.6 Å². The maximum Gasteiger partial charge on any atom is 0.332 e. The Morgan fingerprint density at radius 2 is 2.11 bits per heavy atom. The van der Waals surface area contributed by atoms with Crippen molar-refractivity contribution in [3.05, 3.63) is 29.0 Å². The van der Waals surface area contributed by atoms with Crippen LogP contribution in [0.15, 0.2) is 18.2 Å². The fraction of sp³-hybridized carbons (Fsp3) is 0.300. The van der Waals surface area contributed by atoms with Crippen LogP contribution in [0.1, 0.15) is 13.3 Å². The largest absolute Gasteiger partial charge is 0.332 e. The monoisotopic (exact) mass is 294 g/mol. The van der Waals surface area contributed by atoms with Crippen LogP contribution in [-0.4, -0.2) is 20.2 Å². The van der Waals surface area contributed by atoms with Gasteiger partial charge in [0.15, 0.2) is 0 Å². The number of hydrogen-bond donors (Lipinski definition) is 2. The summed E-state index contributed by atoms with van der Waals surface area (Å²) in [6, 6.07) is 2.61. The molecule has 0 radical (unpaired) electrons. The van der Waals surface area contributed by atoms with Crippen LogP contribution >= 0.6 is 11.6 Å². The highest BCUT2D eigenvalue weighted by Gasteiger charge is 2.13. The first-order chi connectivity index (χ1) is 8.34. The summed E-state index contributed by atoms with van der Waals surface area (Å²) in [6.07, 6.45) is 0.394. The third-order valence-corrected chi connectivity index (χ3v) is 3.63. The average molecular weight is 295 g/mol. The molecule has 0 saturated heterocycles. The molecule has 8 heteroatoms. The Labute approximate surface area is 109 Å². The van der Waals surface area contributed by atoms with Crippen LogP contribution in [-0.2, 0) is 10.0 Å². The topological polar surface area (TPSA) is 75.3 Å². The van der Waals surface area contributed by atoms with E-state index in [2.05, 4.69) is 5.32 Å². The molecule has 2 amide bonds. The summed E-state index contributed by atoms with van der Waals surface area (Å²) in [5, 5.41) is 2.08. The predicted molar refractivity (Wildman–Crippen MR) is 67.6 cm³/mol. The first kappa shape index (κ1) is 14.7. The number of anilines is 1. The summed E-state index contributed by atoms with van der Waals surface area (Å²) in [6.45, 7) is 1.68. The molecule has 5 nitrogen and oxygen atoms in total. The fourth-order valence-corrected chi connectivity index (χ4v) is 2.35. The zero-order valence-corrected chi connectivity index (χ0v) is 11.1. The zero-order valence-electron chi connectivity index (χ0n) is 9.54. The second kappa shape index (κ2) is 6.01. The number of carbonyl (C=O) groups is 1. The summed E-state index contributed by atoms with van der Waals surface area (Å²) in [4.78, 5) is 11.4. The third kappa shape index (κ3) is 4.50. The van der Waals surface area contributed by atoms with Crippen LogP contribution in [0.5, 0.6) is 0 Å². The molecule has 1 rings (SSSR count). The Bertz CT molecular complexity index is 548. The van der Waals surface area contributed by atoms with Crippen molar-refractivity contribution in [1.29, 1.82) is 0 Å². The first-order valence-electron chi connectivity index (χ1n) is 5.10. The van der Waals surface area contributed by atoms with E-state index in [-0.39, 0.29) is 16.5 Å². The molecule has 2 N–H and O–H groups in total. The molecule has 1 aromatic rings. The van der Waals surface area contributed by atoms with Crippen molar-refractivity contribution in [1.82, 2.24) is 4.72 Å². The van der Waals surface area contributed by atoms with E-state index in [9.17, 15) is 17.6 Å². The van der Waals surface area contributed by atoms with E-state index >= 15 is 0 Å². The summed E-state index contributed by atoms with van der Waals surface area (Å²) in [5.74, 6) is -0.772. The van der Waals surface area contributed by atoms with Gasteiger partial charge in [0.25, 0.3) is 0 Å². The number of hydrogen-bond acceptors (Lipinski definition) is 3. The quantitative estimate of drug-likeness (QED) is 0.895. The minimum absolute atomic E-state index is 0.148. The van der Waals surface area contributed by atoms with E-state index in [1.807, 2.05) is 4.72 Å². The molecule has 0 saturated carbocycles. The summed E-state index contributed by atoms with van der Waals surface area (Å²) >= 11 is 5.52. The maximum absolute atomic E-state index is 12.9. The number of benzene rings is 1. The molecule has 0 spiro atoms. The second-order valence-electron chi connectivity index (χ2n) is 3.50. The standard InChI is InChI=1S/C10H12ClFN2O3S/c1-2-5-18(16,17)14-10(15)13-7-3-4-9(12)8(11)6-7/h3-4,6H,2,5H2,1H3,(H2,13,14,15). The molecule has 0 fully saturated rings. The normalized spacial score (nSPS) is 11.1. The fourth-order valence-electron chi connectivity index (χ4n) is 1.19. The van der Waals surface area contributed by atoms with E-state index in [1.54, 1.807) is 6.92 Å². The second-order valence-corrected chi connectivity index (χ2v) is 5.75. The lowest BCUT2D eigenvalue weighted by atomic mass is 10.3. The molecule has 0 heterocycles. The summed E-state index contributed by atoms with van der Waals surface area (Å²) in [5.41, 5.74) is 0.200. The highest BCUT2D eigenvalue weighted by Crippen LogP contribution is 2.19. The maximum atomic E-state index is 12.9. The van der Waals surface area contributed by atoms with Gasteiger partial charge in [-0.1, -0.05) is 18.5 Å². The van der Waals surface area contributed by atoms with Crippen LogP contribution < -0.4 is 10.0 Å². The molecule has 100 valence electrons. The van der Waals surface area contributed by atoms with Gasteiger partial charge in [0.1, 0.15) is 5.82 Å². The van der Waals surface area contributed by atoms with Gasteiger partial charge in [-0.3, -0.25) is 0 Å². The van der Waals surface area contributed by atoms with E-state index < -0.39 is 21.9 Å². The van der Waals surface area contributed by atoms with E-state index in [4.69, 9.17) is 11.6 Å². The van der Waals surface area contributed by atoms with Crippen LogP contribution in [0.4, 0.5) is 14.9 Å². The zero-order chi connectivity index (χ0) is 13.8. The van der Waals surface area contributed by atoms with Gasteiger partial charge in [0.05, 0.1) is 10.8 Å². The summed E-state index contributed by atoms with van der Waals surface area (Å²) in [7, 11) is -3.64. The molecule has 1 aromatic carbocycles. The third-order valence-electron chi connectivity index (χ3n) is 1.90. The molecule has 0 aromatic heterocycles. The van der Waals surface area contributed by atoms with Crippen LogP contribution in [0, 0.1) is 5.82 Å². The van der Waals surface area contributed by atoms with Crippen LogP contribution in [0.2, 0.25) is 5.02 Å². The molecule has 0 aliphatic carbocycles. The Balaban J connectivity index is 2.68. The van der Waals surface area contributed by atoms with Crippen molar-refractivity contribution in [2.24, 2.45) is 0 Å². The molecule has 0 unspecified atom stereocenters. The molecule has 0 atom stereocenters. The van der Waals surface area contributed by atoms with Crippen LogP contribution in [0.25, 0.3) is 0 Å². The lowest BCUT2D eigenvalue weighted by Crippen LogP contribution is -2.35. The van der Waals surface area contributed by atoms with E-state index in [0.29, 0.717) is 6.42 Å². The Hall–Kier alpha value is -1.34. The lowest BCUT2D eigenvalue weighted by Gasteiger charge is -2.08. The molecular formula is C10H12ClFN2O3S. The average Bonchev–Trinajstić information content (AvgIpc) is 2.22. The molecule has 0 bridgehead atoms. The summed E-state index contributed by atoms with van der Waals surface area (Å²) < 4.78 is 37.3. The number of urea groups is 1. The first-order valence-corrected chi connectivity index (χ1v) is 7.13. The van der Waals surface area contributed by atoms with Crippen LogP contribution in [0.3, 0.4) is 0 Å². The van der Waals surface area contributed by atoms with Gasteiger partial charge in [-0.2, -0.15) is 0 Å². The number of rotatable bonds is 4. The predicted octanol–water partition coefficient (Wildman–Crippen LogP) is 2.34. The Morgan fingerprint density at radius 3 is 2.67 bits per heavy atom. The van der Waals surface area contributed by atoms with Gasteiger partial charge in [0, 0.05) is 5.69 Å². The molecular weight excluding hydrogens is 283 g/mol. The number of amides is 2. The Morgan fingerprint density at radius 1 is 1.44 bits per heavy atom. The van der Waals surface area contributed by atoms with Crippen molar-refractivity contribution in [3.63, 3.8) is 0 Å². The smallest absolute Gasteiger partial charge is 0.307 e. The van der Waals surface area contributed by atoms with Gasteiger partial charge < -0.3 is 5.32 Å². The van der Waals surface area contributed by atoms with Gasteiger partial charge in [-0.15, -0.1) is 0 Å². The highest BCUT2D eigenvalue weighted by molar-refractivity contribution is 7.90. The molecule has 0 aliphatic heterocycles. The van der Waals surface area contributed by atoms with Gasteiger partial charge in [-0.25, -0.2) is 22.3 Å². The minimum Gasteiger partial charge on any atom is -0.307 e. The number of halogens is 2. The number of carbonyl (C=O) groups excluding carboxylic acids is 1. The van der Waals surface area contributed by atoms with Crippen molar-refractivity contribution >= 4 is 33.3 Å². The number of sulfonamides is 1. The van der Waals surface area contributed by atoms with Gasteiger partial charge >= 0.3 is 6.03 Å². The van der Waals surface area contributed by atoms with E-state index in [0.717, 1.165) is 6.07 Å². The van der Waals surface area contributed by atoms with Gasteiger partial charge in [0.2, 0.25) is 10.0 Å². The van der Waals surface area contributed by atoms with E-state index in [1.165, 1.54) is 12.1 Å². The Kier molecular flexibility index (Phi) is 4.92. The molecule has 18 heavy (non-hydrogen) atoms. The minimum atomic E-state index is -3.64. The van der Waals surface area contributed by atoms with Crippen molar-refractivity contribution in [2.75, 3.05) is 11.1 Å². The van der Waals surface area contributed by atoms with Crippen molar-refractivity contribution in [3.8, 4) is 0 Å². The van der Waals surface area contributed by atoms with Gasteiger partial charge in [-0.05, 0) is 24.6 Å². The number of nitrogens with one attached hydrogen (secondary N) is 2. The SMILES string of the molecule is CCCS(=O)(=O)NC(=O)Nc1ccc(F)c(Cl)c1. The van der Waals surface area contributed by atoms with Crippen molar-refractivity contribution in [2.45, 2.75) is 13.3 Å². The molecule has 0 aliphatic rings. The lowest BCUT2D eigenvalue weighted by molar-refractivity contribution is 0.256. The highest BCUT2D eigenvalue weighted by atomic mass is 35.5.